The van der Waals surface area contributed by atoms with E-state index in [1.54, 1.807) is 6.20 Å². The highest BCUT2D eigenvalue weighted by molar-refractivity contribution is 5.79. The monoisotopic (exact) mass is 264 g/mol. The first-order chi connectivity index (χ1) is 9.78. The molecule has 0 aliphatic carbocycles. The van der Waals surface area contributed by atoms with Gasteiger partial charge in [-0.1, -0.05) is 12.1 Å². The topological polar surface area (TPSA) is 50.7 Å². The van der Waals surface area contributed by atoms with Crippen molar-refractivity contribution in [1.82, 2.24) is 20.3 Å². The Labute approximate surface area is 117 Å². The average Bonchev–Trinajstić information content (AvgIpc) is 2.48. The van der Waals surface area contributed by atoms with E-state index < -0.39 is 0 Å². The maximum atomic E-state index is 4.51. The summed E-state index contributed by atoms with van der Waals surface area (Å²) in [4.78, 5) is 13.0. The second-order valence-electron chi connectivity index (χ2n) is 4.71. The second-order valence-corrected chi connectivity index (χ2v) is 4.71. The van der Waals surface area contributed by atoms with Gasteiger partial charge in [0.2, 0.25) is 0 Å². The molecule has 0 aliphatic heterocycles. The minimum atomic E-state index is 0.0568. The van der Waals surface area contributed by atoms with E-state index in [2.05, 4.69) is 38.5 Å². The Balaban J connectivity index is 2.07. The van der Waals surface area contributed by atoms with Crippen molar-refractivity contribution in [2.45, 2.75) is 13.0 Å². The molecule has 4 heteroatoms. The minimum Gasteiger partial charge on any atom is -0.308 e. The molecule has 0 amide bonds. The van der Waals surface area contributed by atoms with Crippen molar-refractivity contribution in [3.05, 3.63) is 65.9 Å². The van der Waals surface area contributed by atoms with Gasteiger partial charge in [-0.3, -0.25) is 4.98 Å². The van der Waals surface area contributed by atoms with E-state index in [1.807, 2.05) is 38.4 Å². The Morgan fingerprint density at radius 3 is 2.75 bits per heavy atom. The van der Waals surface area contributed by atoms with Gasteiger partial charge in [-0.05, 0) is 43.8 Å². The van der Waals surface area contributed by atoms with Crippen LogP contribution < -0.4 is 5.32 Å². The lowest BCUT2D eigenvalue weighted by atomic mass is 10.0. The zero-order valence-electron chi connectivity index (χ0n) is 11.5. The summed E-state index contributed by atoms with van der Waals surface area (Å²) in [7, 11) is 1.94. The molecular weight excluding hydrogens is 248 g/mol. The molecule has 20 heavy (non-hydrogen) atoms. The van der Waals surface area contributed by atoms with Gasteiger partial charge in [0, 0.05) is 17.8 Å². The van der Waals surface area contributed by atoms with Crippen LogP contribution in [0.25, 0.3) is 10.9 Å². The highest BCUT2D eigenvalue weighted by Gasteiger charge is 2.14. The predicted molar refractivity (Wildman–Crippen MR) is 79.4 cm³/mol. The second kappa shape index (κ2) is 5.35. The maximum absolute atomic E-state index is 4.51. The Kier molecular flexibility index (Phi) is 3.39. The molecule has 1 unspecified atom stereocenters. The highest BCUT2D eigenvalue weighted by atomic mass is 14.9. The van der Waals surface area contributed by atoms with E-state index in [0.29, 0.717) is 0 Å². The van der Waals surface area contributed by atoms with Crippen LogP contribution in [0, 0.1) is 6.92 Å². The van der Waals surface area contributed by atoms with Crippen LogP contribution in [0.5, 0.6) is 0 Å². The van der Waals surface area contributed by atoms with E-state index in [0.717, 1.165) is 22.4 Å². The molecule has 2 heterocycles. The van der Waals surface area contributed by atoms with E-state index >= 15 is 0 Å². The molecule has 0 aliphatic rings. The molecule has 0 saturated heterocycles. The van der Waals surface area contributed by atoms with E-state index in [1.165, 1.54) is 5.56 Å². The number of pyridine rings is 1. The molecule has 3 aromatic rings. The molecule has 0 fully saturated rings. The number of hydrogen-bond acceptors (Lipinski definition) is 4. The Bertz CT molecular complexity index is 739. The van der Waals surface area contributed by atoms with Crippen LogP contribution in [-0.4, -0.2) is 22.0 Å². The van der Waals surface area contributed by atoms with Gasteiger partial charge < -0.3 is 5.32 Å². The average molecular weight is 264 g/mol. The van der Waals surface area contributed by atoms with Crippen LogP contribution in [0.2, 0.25) is 0 Å². The fraction of sp³-hybridized carbons (Fsp3) is 0.188. The number of aryl methyl sites for hydroxylation is 1. The van der Waals surface area contributed by atoms with Crippen LogP contribution in [0.15, 0.2) is 48.8 Å². The lowest BCUT2D eigenvalue weighted by Gasteiger charge is -2.16. The number of nitrogens with one attached hydrogen (secondary N) is 1. The predicted octanol–water partition coefficient (Wildman–Crippen LogP) is 2.64. The van der Waals surface area contributed by atoms with Crippen LogP contribution in [0.1, 0.15) is 23.1 Å². The molecule has 0 spiro atoms. The molecule has 1 aromatic carbocycles. The van der Waals surface area contributed by atoms with E-state index in [9.17, 15) is 0 Å². The third-order valence-electron chi connectivity index (χ3n) is 3.34. The van der Waals surface area contributed by atoms with Gasteiger partial charge in [-0.15, -0.1) is 0 Å². The minimum absolute atomic E-state index is 0.0568. The van der Waals surface area contributed by atoms with Crippen molar-refractivity contribution in [2.24, 2.45) is 0 Å². The third-order valence-corrected chi connectivity index (χ3v) is 3.34. The molecule has 100 valence electrons. The van der Waals surface area contributed by atoms with Gasteiger partial charge >= 0.3 is 0 Å². The van der Waals surface area contributed by atoms with Crippen LogP contribution in [-0.2, 0) is 0 Å². The Morgan fingerprint density at radius 1 is 1.05 bits per heavy atom. The standard InChI is InChI=1S/C16H16N4/c1-11-18-9-7-15(20-11)16(17-2)13-5-6-14-12(10-13)4-3-8-19-14/h3-10,16-17H,1-2H3. The SMILES string of the molecule is CNC(c1ccc2ncccc2c1)c1ccnc(C)n1. The van der Waals surface area contributed by atoms with Gasteiger partial charge in [0.1, 0.15) is 5.82 Å². The fourth-order valence-corrected chi connectivity index (χ4v) is 2.39. The number of hydrogen-bond donors (Lipinski definition) is 1. The summed E-state index contributed by atoms with van der Waals surface area (Å²) >= 11 is 0. The first kappa shape index (κ1) is 12.7. The molecule has 2 aromatic heterocycles. The van der Waals surface area contributed by atoms with Crippen LogP contribution in [0.4, 0.5) is 0 Å². The molecular formula is C16H16N4. The van der Waals surface area contributed by atoms with Crippen molar-refractivity contribution in [3.8, 4) is 0 Å². The number of rotatable bonds is 3. The van der Waals surface area contributed by atoms with Crippen molar-refractivity contribution in [3.63, 3.8) is 0 Å². The summed E-state index contributed by atoms with van der Waals surface area (Å²) in [6.45, 7) is 1.90. The lowest BCUT2D eigenvalue weighted by Crippen LogP contribution is -2.19. The molecule has 1 N–H and O–H groups in total. The number of nitrogens with zero attached hydrogens (tertiary/aromatic N) is 3. The van der Waals surface area contributed by atoms with Crippen LogP contribution >= 0.6 is 0 Å². The van der Waals surface area contributed by atoms with Crippen molar-refractivity contribution < 1.29 is 0 Å². The first-order valence-corrected chi connectivity index (χ1v) is 6.59. The highest BCUT2D eigenvalue weighted by Crippen LogP contribution is 2.23. The molecule has 0 saturated carbocycles. The van der Waals surface area contributed by atoms with Crippen molar-refractivity contribution in [1.29, 1.82) is 0 Å². The molecule has 1 atom stereocenters. The maximum Gasteiger partial charge on any atom is 0.125 e. The zero-order valence-corrected chi connectivity index (χ0v) is 11.5. The van der Waals surface area contributed by atoms with Gasteiger partial charge in [0.15, 0.2) is 0 Å². The van der Waals surface area contributed by atoms with Gasteiger partial charge in [-0.2, -0.15) is 0 Å². The first-order valence-electron chi connectivity index (χ1n) is 6.59. The van der Waals surface area contributed by atoms with Gasteiger partial charge in [0.05, 0.1) is 17.3 Å². The normalized spacial score (nSPS) is 12.5. The summed E-state index contributed by atoms with van der Waals surface area (Å²) < 4.78 is 0. The van der Waals surface area contributed by atoms with Gasteiger partial charge in [0.25, 0.3) is 0 Å². The zero-order chi connectivity index (χ0) is 13.9. The van der Waals surface area contributed by atoms with Gasteiger partial charge in [-0.25, -0.2) is 9.97 Å². The molecule has 0 bridgehead atoms. The fourth-order valence-electron chi connectivity index (χ4n) is 2.39. The van der Waals surface area contributed by atoms with Crippen molar-refractivity contribution in [2.75, 3.05) is 7.05 Å². The largest absolute Gasteiger partial charge is 0.308 e. The third kappa shape index (κ3) is 2.38. The summed E-state index contributed by atoms with van der Waals surface area (Å²) in [5.74, 6) is 0.783. The summed E-state index contributed by atoms with van der Waals surface area (Å²) in [6.07, 6.45) is 3.61. The molecule has 4 nitrogen and oxygen atoms in total. The number of aromatic nitrogens is 3. The lowest BCUT2D eigenvalue weighted by molar-refractivity contribution is 0.665. The van der Waals surface area contributed by atoms with E-state index in [-0.39, 0.29) is 6.04 Å². The molecule has 0 radical (unpaired) electrons. The Morgan fingerprint density at radius 2 is 1.95 bits per heavy atom. The van der Waals surface area contributed by atoms with Crippen molar-refractivity contribution >= 4 is 10.9 Å². The summed E-state index contributed by atoms with van der Waals surface area (Å²) in [5.41, 5.74) is 3.15. The Hall–Kier alpha value is -2.33. The molecule has 3 rings (SSSR count). The summed E-state index contributed by atoms with van der Waals surface area (Å²) in [5, 5.41) is 4.45. The quantitative estimate of drug-likeness (QED) is 0.790. The smallest absolute Gasteiger partial charge is 0.125 e. The van der Waals surface area contributed by atoms with E-state index in [4.69, 9.17) is 0 Å². The number of fused-ring (bicyclic) bond motifs is 1. The number of benzene rings is 1. The van der Waals surface area contributed by atoms with Crippen LogP contribution in [0.3, 0.4) is 0 Å². The summed E-state index contributed by atoms with van der Waals surface area (Å²) in [6, 6.07) is 12.3.